The second kappa shape index (κ2) is 4.65. The van der Waals surface area contributed by atoms with Crippen LogP contribution in [0.3, 0.4) is 0 Å². The fourth-order valence-corrected chi connectivity index (χ4v) is 2.69. The van der Waals surface area contributed by atoms with Crippen LogP contribution < -0.4 is 5.73 Å². The van der Waals surface area contributed by atoms with Crippen molar-refractivity contribution in [2.45, 2.75) is 25.4 Å². The normalized spacial score (nSPS) is 20.2. The molecule has 1 saturated carbocycles. The molecule has 0 spiro atoms. The first kappa shape index (κ1) is 12.4. The molecule has 16 heavy (non-hydrogen) atoms. The third-order valence-electron chi connectivity index (χ3n) is 3.60. The Kier molecular flexibility index (Phi) is 3.59. The zero-order valence-corrected chi connectivity index (χ0v) is 11.3. The van der Waals surface area contributed by atoms with Crippen molar-refractivity contribution in [3.63, 3.8) is 0 Å². The van der Waals surface area contributed by atoms with Gasteiger partial charge in [0, 0.05) is 16.4 Å². The van der Waals surface area contributed by atoms with E-state index in [0.717, 1.165) is 29.3 Å². The van der Waals surface area contributed by atoms with Gasteiger partial charge in [0.25, 0.3) is 0 Å². The van der Waals surface area contributed by atoms with E-state index in [4.69, 9.17) is 17.3 Å². The molecule has 1 atom stereocenters. The van der Waals surface area contributed by atoms with E-state index in [9.17, 15) is 5.11 Å². The van der Waals surface area contributed by atoms with Crippen molar-refractivity contribution >= 4 is 27.5 Å². The lowest BCUT2D eigenvalue weighted by molar-refractivity contribution is -0.0296. The molecule has 0 aliphatic heterocycles. The molecule has 0 amide bonds. The third kappa shape index (κ3) is 2.02. The van der Waals surface area contributed by atoms with E-state index in [-0.39, 0.29) is 5.41 Å². The van der Waals surface area contributed by atoms with Crippen molar-refractivity contribution in [3.05, 3.63) is 33.3 Å². The SMILES string of the molecule is NCC1(C(O)c2ccc(Br)c(Cl)c2)CCC1. The molecule has 0 radical (unpaired) electrons. The highest BCUT2D eigenvalue weighted by Crippen LogP contribution is 2.49. The van der Waals surface area contributed by atoms with Gasteiger partial charge in [-0.2, -0.15) is 0 Å². The topological polar surface area (TPSA) is 46.2 Å². The van der Waals surface area contributed by atoms with Crippen LogP contribution in [0.15, 0.2) is 22.7 Å². The van der Waals surface area contributed by atoms with Crippen molar-refractivity contribution in [2.24, 2.45) is 11.1 Å². The molecule has 1 aromatic rings. The molecular formula is C12H15BrClNO. The molecule has 1 aromatic carbocycles. The summed E-state index contributed by atoms with van der Waals surface area (Å²) in [6.07, 6.45) is 2.65. The van der Waals surface area contributed by atoms with Gasteiger partial charge in [0.15, 0.2) is 0 Å². The molecule has 2 rings (SSSR count). The van der Waals surface area contributed by atoms with Crippen LogP contribution >= 0.6 is 27.5 Å². The summed E-state index contributed by atoms with van der Waals surface area (Å²) >= 11 is 9.36. The summed E-state index contributed by atoms with van der Waals surface area (Å²) in [5, 5.41) is 11.0. The highest BCUT2D eigenvalue weighted by atomic mass is 79.9. The minimum absolute atomic E-state index is 0.128. The number of halogens is 2. The standard InChI is InChI=1S/C12H15BrClNO/c13-9-3-2-8(6-10(9)14)11(16)12(7-15)4-1-5-12/h2-3,6,11,16H,1,4-5,7,15H2. The Hall–Kier alpha value is -0.0900. The van der Waals surface area contributed by atoms with Crippen molar-refractivity contribution in [2.75, 3.05) is 6.54 Å². The van der Waals surface area contributed by atoms with Crippen LogP contribution in [0.5, 0.6) is 0 Å². The Morgan fingerprint density at radius 2 is 2.19 bits per heavy atom. The van der Waals surface area contributed by atoms with Crippen LogP contribution in [-0.2, 0) is 0 Å². The Bertz CT molecular complexity index is 387. The van der Waals surface area contributed by atoms with Gasteiger partial charge in [-0.25, -0.2) is 0 Å². The van der Waals surface area contributed by atoms with E-state index >= 15 is 0 Å². The molecule has 2 nitrogen and oxygen atoms in total. The molecule has 4 heteroatoms. The fourth-order valence-electron chi connectivity index (χ4n) is 2.26. The second-order valence-electron chi connectivity index (χ2n) is 4.50. The molecule has 0 saturated heterocycles. The predicted octanol–water partition coefficient (Wildman–Crippen LogP) is 3.26. The lowest BCUT2D eigenvalue weighted by Gasteiger charge is -2.45. The average molecular weight is 305 g/mol. The lowest BCUT2D eigenvalue weighted by atomic mass is 9.63. The summed E-state index contributed by atoms with van der Waals surface area (Å²) in [6.45, 7) is 0.530. The average Bonchev–Trinajstić information content (AvgIpc) is 2.21. The van der Waals surface area contributed by atoms with Crippen LogP contribution in [0.1, 0.15) is 30.9 Å². The summed E-state index contributed by atoms with van der Waals surface area (Å²) in [5.41, 5.74) is 6.50. The highest BCUT2D eigenvalue weighted by Gasteiger charge is 2.42. The molecule has 1 fully saturated rings. The van der Waals surface area contributed by atoms with Crippen molar-refractivity contribution in [1.29, 1.82) is 0 Å². The summed E-state index contributed by atoms with van der Waals surface area (Å²) in [4.78, 5) is 0. The number of aliphatic hydroxyl groups excluding tert-OH is 1. The Balaban J connectivity index is 2.26. The van der Waals surface area contributed by atoms with Crippen LogP contribution in [0, 0.1) is 5.41 Å². The molecule has 1 unspecified atom stereocenters. The number of hydrogen-bond acceptors (Lipinski definition) is 2. The quantitative estimate of drug-likeness (QED) is 0.900. The van der Waals surface area contributed by atoms with Crippen LogP contribution in [-0.4, -0.2) is 11.7 Å². The van der Waals surface area contributed by atoms with Crippen molar-refractivity contribution in [3.8, 4) is 0 Å². The number of benzene rings is 1. The van der Waals surface area contributed by atoms with Gasteiger partial charge in [-0.3, -0.25) is 0 Å². The summed E-state index contributed by atoms with van der Waals surface area (Å²) in [5.74, 6) is 0. The van der Waals surface area contributed by atoms with E-state index < -0.39 is 6.10 Å². The predicted molar refractivity (Wildman–Crippen MR) is 69.5 cm³/mol. The third-order valence-corrected chi connectivity index (χ3v) is 4.83. The van der Waals surface area contributed by atoms with E-state index in [1.165, 1.54) is 0 Å². The van der Waals surface area contributed by atoms with Gasteiger partial charge in [0.2, 0.25) is 0 Å². The molecule has 1 aliphatic carbocycles. The Labute approximate surface area is 109 Å². The van der Waals surface area contributed by atoms with Gasteiger partial charge >= 0.3 is 0 Å². The first-order valence-electron chi connectivity index (χ1n) is 5.42. The maximum absolute atomic E-state index is 10.4. The number of rotatable bonds is 3. The monoisotopic (exact) mass is 303 g/mol. The fraction of sp³-hybridized carbons (Fsp3) is 0.500. The zero-order chi connectivity index (χ0) is 11.8. The Morgan fingerprint density at radius 3 is 2.62 bits per heavy atom. The molecule has 1 aliphatic rings. The van der Waals surface area contributed by atoms with E-state index in [1.807, 2.05) is 18.2 Å². The molecule has 0 heterocycles. The van der Waals surface area contributed by atoms with Crippen LogP contribution in [0.4, 0.5) is 0 Å². The van der Waals surface area contributed by atoms with Crippen molar-refractivity contribution in [1.82, 2.24) is 0 Å². The number of hydrogen-bond donors (Lipinski definition) is 2. The van der Waals surface area contributed by atoms with Crippen molar-refractivity contribution < 1.29 is 5.11 Å². The van der Waals surface area contributed by atoms with Gasteiger partial charge in [0.1, 0.15) is 0 Å². The number of nitrogens with two attached hydrogens (primary N) is 1. The second-order valence-corrected chi connectivity index (χ2v) is 5.76. The highest BCUT2D eigenvalue weighted by molar-refractivity contribution is 9.10. The largest absolute Gasteiger partial charge is 0.388 e. The number of aliphatic hydroxyl groups is 1. The van der Waals surface area contributed by atoms with E-state index in [1.54, 1.807) is 0 Å². The molecular weight excluding hydrogens is 289 g/mol. The molecule has 88 valence electrons. The zero-order valence-electron chi connectivity index (χ0n) is 8.92. The first-order valence-corrected chi connectivity index (χ1v) is 6.59. The lowest BCUT2D eigenvalue weighted by Crippen LogP contribution is -2.42. The van der Waals surface area contributed by atoms with Gasteiger partial charge in [-0.1, -0.05) is 24.1 Å². The van der Waals surface area contributed by atoms with Gasteiger partial charge in [0.05, 0.1) is 11.1 Å². The minimum Gasteiger partial charge on any atom is -0.388 e. The van der Waals surface area contributed by atoms with Gasteiger partial charge in [-0.05, 0) is 46.5 Å². The minimum atomic E-state index is -0.503. The first-order chi connectivity index (χ1) is 7.59. The van der Waals surface area contributed by atoms with Gasteiger partial charge in [-0.15, -0.1) is 0 Å². The smallest absolute Gasteiger partial charge is 0.0858 e. The van der Waals surface area contributed by atoms with E-state index in [0.29, 0.717) is 11.6 Å². The molecule has 0 bridgehead atoms. The molecule has 0 aromatic heterocycles. The summed E-state index contributed by atoms with van der Waals surface area (Å²) in [6, 6.07) is 5.58. The van der Waals surface area contributed by atoms with Crippen LogP contribution in [0.25, 0.3) is 0 Å². The maximum Gasteiger partial charge on any atom is 0.0858 e. The van der Waals surface area contributed by atoms with E-state index in [2.05, 4.69) is 15.9 Å². The maximum atomic E-state index is 10.4. The Morgan fingerprint density at radius 1 is 1.50 bits per heavy atom. The molecule has 3 N–H and O–H groups in total. The summed E-state index contributed by atoms with van der Waals surface area (Å²) < 4.78 is 0.848. The van der Waals surface area contributed by atoms with Crippen LogP contribution in [0.2, 0.25) is 5.02 Å². The van der Waals surface area contributed by atoms with Gasteiger partial charge < -0.3 is 10.8 Å². The summed E-state index contributed by atoms with van der Waals surface area (Å²) in [7, 11) is 0.